The van der Waals surface area contributed by atoms with Gasteiger partial charge in [-0.25, -0.2) is 8.78 Å². The van der Waals surface area contributed by atoms with Crippen LogP contribution in [0, 0.1) is 23.5 Å². The molecule has 5 nitrogen and oxygen atoms in total. The third-order valence-electron chi connectivity index (χ3n) is 5.68. The summed E-state index contributed by atoms with van der Waals surface area (Å²) in [4.78, 5) is 26.7. The Bertz CT molecular complexity index is 670. The van der Waals surface area contributed by atoms with E-state index in [-0.39, 0.29) is 41.8 Å². The quantitative estimate of drug-likeness (QED) is 0.844. The number of rotatable bonds is 4. The maximum absolute atomic E-state index is 13.2. The summed E-state index contributed by atoms with van der Waals surface area (Å²) in [6, 6.07) is 2.91. The van der Waals surface area contributed by atoms with E-state index in [1.54, 1.807) is 0 Å². The van der Waals surface area contributed by atoms with Crippen LogP contribution in [0.5, 0.6) is 0 Å². The van der Waals surface area contributed by atoms with Crippen molar-refractivity contribution in [1.29, 1.82) is 0 Å². The molecule has 2 fully saturated rings. The van der Waals surface area contributed by atoms with Gasteiger partial charge in [-0.15, -0.1) is 0 Å². The highest BCUT2D eigenvalue weighted by molar-refractivity contribution is 5.90. The molecule has 0 unspecified atom stereocenters. The molecule has 1 aromatic carbocycles. The molecular weight excluding hydrogens is 352 g/mol. The van der Waals surface area contributed by atoms with E-state index in [0.717, 1.165) is 56.7 Å². The Kier molecular flexibility index (Phi) is 6.42. The molecule has 1 saturated carbocycles. The van der Waals surface area contributed by atoms with E-state index in [9.17, 15) is 18.4 Å². The van der Waals surface area contributed by atoms with Crippen molar-refractivity contribution in [2.75, 3.05) is 18.4 Å². The summed E-state index contributed by atoms with van der Waals surface area (Å²) in [5, 5.41) is 2.55. The number of amides is 2. The molecule has 1 aliphatic carbocycles. The number of anilines is 1. The Balaban J connectivity index is 1.46. The first-order valence-electron chi connectivity index (χ1n) is 9.72. The molecule has 0 spiro atoms. The standard InChI is InChI=1S/C20H27F2N3O2/c21-14-10-15(22)12-16(11-14)24-19(26)9-13-5-7-25(8-6-13)20(27)17-3-1-2-4-18(17)23/h10-13,17-18H,1-9,23H2,(H,24,26)/t17-,18-/m1/s1. The summed E-state index contributed by atoms with van der Waals surface area (Å²) in [5.41, 5.74) is 6.24. The van der Waals surface area contributed by atoms with Crippen molar-refractivity contribution < 1.29 is 18.4 Å². The van der Waals surface area contributed by atoms with E-state index in [1.807, 2.05) is 4.90 Å². The molecule has 1 aromatic rings. The van der Waals surface area contributed by atoms with Crippen LogP contribution in [0.15, 0.2) is 18.2 Å². The lowest BCUT2D eigenvalue weighted by Gasteiger charge is -2.37. The molecule has 3 N–H and O–H groups in total. The van der Waals surface area contributed by atoms with E-state index in [1.165, 1.54) is 0 Å². The zero-order valence-electron chi connectivity index (χ0n) is 15.4. The molecule has 1 aliphatic heterocycles. The predicted molar refractivity (Wildman–Crippen MR) is 98.8 cm³/mol. The average Bonchev–Trinajstić information content (AvgIpc) is 2.61. The van der Waals surface area contributed by atoms with Gasteiger partial charge in [0.15, 0.2) is 0 Å². The van der Waals surface area contributed by atoms with Crippen LogP contribution in [-0.4, -0.2) is 35.8 Å². The first-order valence-corrected chi connectivity index (χ1v) is 9.72. The fraction of sp³-hybridized carbons (Fsp3) is 0.600. The van der Waals surface area contributed by atoms with Gasteiger partial charge in [-0.1, -0.05) is 12.8 Å². The molecule has 2 atom stereocenters. The molecular formula is C20H27F2N3O2. The SMILES string of the molecule is N[C@@H]1CCCC[C@H]1C(=O)N1CCC(CC(=O)Nc2cc(F)cc(F)c2)CC1. The van der Waals surface area contributed by atoms with Crippen molar-refractivity contribution in [2.45, 2.75) is 51.0 Å². The van der Waals surface area contributed by atoms with Gasteiger partial charge in [0, 0.05) is 37.3 Å². The lowest BCUT2D eigenvalue weighted by atomic mass is 9.83. The van der Waals surface area contributed by atoms with E-state index < -0.39 is 11.6 Å². The van der Waals surface area contributed by atoms with Crippen LogP contribution in [-0.2, 0) is 9.59 Å². The molecule has 0 bridgehead atoms. The highest BCUT2D eigenvalue weighted by Crippen LogP contribution is 2.28. The highest BCUT2D eigenvalue weighted by Gasteiger charge is 2.33. The number of likely N-dealkylation sites (tertiary alicyclic amines) is 1. The normalized spacial score (nSPS) is 23.9. The Labute approximate surface area is 158 Å². The fourth-order valence-electron chi connectivity index (χ4n) is 4.16. The van der Waals surface area contributed by atoms with Gasteiger partial charge in [-0.2, -0.15) is 0 Å². The number of hydrogen-bond donors (Lipinski definition) is 2. The van der Waals surface area contributed by atoms with Crippen LogP contribution < -0.4 is 11.1 Å². The number of carbonyl (C=O) groups excluding carboxylic acids is 2. The van der Waals surface area contributed by atoms with Crippen molar-refractivity contribution in [3.63, 3.8) is 0 Å². The van der Waals surface area contributed by atoms with Gasteiger partial charge < -0.3 is 16.0 Å². The first kappa shape index (κ1) is 19.7. The minimum Gasteiger partial charge on any atom is -0.342 e. The van der Waals surface area contributed by atoms with Crippen LogP contribution in [0.1, 0.15) is 44.9 Å². The number of carbonyl (C=O) groups is 2. The van der Waals surface area contributed by atoms with E-state index in [4.69, 9.17) is 5.73 Å². The largest absolute Gasteiger partial charge is 0.342 e. The smallest absolute Gasteiger partial charge is 0.227 e. The molecule has 0 aromatic heterocycles. The number of piperidine rings is 1. The summed E-state index contributed by atoms with van der Waals surface area (Å²) in [6.07, 6.45) is 5.71. The molecule has 1 heterocycles. The zero-order valence-corrected chi connectivity index (χ0v) is 15.4. The van der Waals surface area contributed by atoms with Gasteiger partial charge in [0.1, 0.15) is 11.6 Å². The Morgan fingerprint density at radius 3 is 2.30 bits per heavy atom. The Morgan fingerprint density at radius 2 is 1.67 bits per heavy atom. The van der Waals surface area contributed by atoms with Crippen molar-refractivity contribution in [2.24, 2.45) is 17.6 Å². The lowest BCUT2D eigenvalue weighted by Crippen LogP contribution is -2.48. The number of nitrogens with two attached hydrogens (primary N) is 1. The van der Waals surface area contributed by atoms with Crippen LogP contribution in [0.25, 0.3) is 0 Å². The summed E-state index contributed by atoms with van der Waals surface area (Å²) >= 11 is 0. The van der Waals surface area contributed by atoms with Gasteiger partial charge >= 0.3 is 0 Å². The van der Waals surface area contributed by atoms with Crippen molar-refractivity contribution in [3.8, 4) is 0 Å². The minimum absolute atomic E-state index is 0.0404. The predicted octanol–water partition coefficient (Wildman–Crippen LogP) is 3.05. The third kappa shape index (κ3) is 5.25. The second-order valence-corrected chi connectivity index (χ2v) is 7.73. The summed E-state index contributed by atoms with van der Waals surface area (Å²) < 4.78 is 26.4. The zero-order chi connectivity index (χ0) is 19.4. The van der Waals surface area contributed by atoms with Gasteiger partial charge in [0.05, 0.1) is 5.92 Å². The van der Waals surface area contributed by atoms with Crippen LogP contribution in [0.4, 0.5) is 14.5 Å². The number of benzene rings is 1. The summed E-state index contributed by atoms with van der Waals surface area (Å²) in [5.74, 6) is -1.47. The summed E-state index contributed by atoms with van der Waals surface area (Å²) in [7, 11) is 0. The molecule has 7 heteroatoms. The molecule has 3 rings (SSSR count). The Morgan fingerprint density at radius 1 is 1.04 bits per heavy atom. The maximum Gasteiger partial charge on any atom is 0.227 e. The fourth-order valence-corrected chi connectivity index (χ4v) is 4.16. The summed E-state index contributed by atoms with van der Waals surface area (Å²) in [6.45, 7) is 1.27. The van der Waals surface area contributed by atoms with E-state index in [0.29, 0.717) is 13.1 Å². The third-order valence-corrected chi connectivity index (χ3v) is 5.68. The molecule has 0 radical (unpaired) electrons. The number of hydrogen-bond acceptors (Lipinski definition) is 3. The van der Waals surface area contributed by atoms with Gasteiger partial charge in [-0.3, -0.25) is 9.59 Å². The van der Waals surface area contributed by atoms with Gasteiger partial charge in [-0.05, 0) is 43.7 Å². The number of nitrogens with zero attached hydrogens (tertiary/aromatic N) is 1. The maximum atomic E-state index is 13.2. The van der Waals surface area contributed by atoms with Crippen LogP contribution >= 0.6 is 0 Å². The molecule has 148 valence electrons. The van der Waals surface area contributed by atoms with E-state index in [2.05, 4.69) is 5.32 Å². The number of halogens is 2. The topological polar surface area (TPSA) is 75.4 Å². The molecule has 2 aliphatic rings. The van der Waals surface area contributed by atoms with Crippen LogP contribution in [0.2, 0.25) is 0 Å². The second-order valence-electron chi connectivity index (χ2n) is 7.73. The van der Waals surface area contributed by atoms with Crippen molar-refractivity contribution in [3.05, 3.63) is 29.8 Å². The highest BCUT2D eigenvalue weighted by atomic mass is 19.1. The lowest BCUT2D eigenvalue weighted by molar-refractivity contribution is -0.138. The van der Waals surface area contributed by atoms with Crippen LogP contribution in [0.3, 0.4) is 0 Å². The van der Waals surface area contributed by atoms with Crippen molar-refractivity contribution >= 4 is 17.5 Å². The number of nitrogens with one attached hydrogen (secondary N) is 1. The minimum atomic E-state index is -0.724. The average molecular weight is 379 g/mol. The second kappa shape index (κ2) is 8.78. The molecule has 27 heavy (non-hydrogen) atoms. The van der Waals surface area contributed by atoms with Gasteiger partial charge in [0.25, 0.3) is 0 Å². The molecule has 2 amide bonds. The Hall–Kier alpha value is -2.02. The first-order chi connectivity index (χ1) is 12.9. The van der Waals surface area contributed by atoms with E-state index >= 15 is 0 Å². The molecule has 1 saturated heterocycles. The monoisotopic (exact) mass is 379 g/mol. The van der Waals surface area contributed by atoms with Crippen molar-refractivity contribution in [1.82, 2.24) is 4.90 Å². The van der Waals surface area contributed by atoms with Gasteiger partial charge in [0.2, 0.25) is 11.8 Å².